The molecule has 1 fully saturated rings. The highest BCUT2D eigenvalue weighted by Crippen LogP contribution is 2.30. The fourth-order valence-electron chi connectivity index (χ4n) is 2.04. The summed E-state index contributed by atoms with van der Waals surface area (Å²) in [7, 11) is -3.06. The molecule has 0 saturated heterocycles. The van der Waals surface area contributed by atoms with Crippen molar-refractivity contribution in [2.24, 2.45) is 5.92 Å². The van der Waals surface area contributed by atoms with Gasteiger partial charge in [-0.3, -0.25) is 0 Å². The van der Waals surface area contributed by atoms with E-state index in [9.17, 15) is 8.42 Å². The Morgan fingerprint density at radius 1 is 1.38 bits per heavy atom. The topological polar surface area (TPSA) is 58.2 Å². The molecule has 1 unspecified atom stereocenters. The lowest BCUT2D eigenvalue weighted by atomic mass is 9.81. The molecule has 0 aromatic heterocycles. The minimum Gasteiger partial charge on any atom is -0.313 e. The quantitative estimate of drug-likeness (QED) is 0.676. The number of nitrogens with one attached hydrogen (secondary N) is 2. The van der Waals surface area contributed by atoms with Crippen molar-refractivity contribution in [3.05, 3.63) is 0 Å². The molecule has 5 heteroatoms. The maximum atomic E-state index is 11.4. The second-order valence-corrected chi connectivity index (χ2v) is 6.63. The van der Waals surface area contributed by atoms with E-state index in [4.69, 9.17) is 0 Å². The van der Waals surface area contributed by atoms with Crippen LogP contribution in [0.25, 0.3) is 0 Å². The van der Waals surface area contributed by atoms with Crippen LogP contribution in [0.1, 0.15) is 39.5 Å². The van der Waals surface area contributed by atoms with Gasteiger partial charge >= 0.3 is 0 Å². The highest BCUT2D eigenvalue weighted by Gasteiger charge is 2.19. The fourth-order valence-corrected chi connectivity index (χ4v) is 3.01. The monoisotopic (exact) mass is 248 g/mol. The zero-order chi connectivity index (χ0) is 12.0. The summed E-state index contributed by atoms with van der Waals surface area (Å²) in [5.74, 6) is 1.04. The van der Waals surface area contributed by atoms with Crippen molar-refractivity contribution in [1.29, 1.82) is 0 Å². The molecule has 96 valence electrons. The minimum atomic E-state index is -3.06. The predicted molar refractivity (Wildman–Crippen MR) is 66.9 cm³/mol. The average Bonchev–Trinajstić information content (AvgIpc) is 2.11. The SMILES string of the molecule is CCNS(=O)(=O)CCNC(C)CC1CCC1. The maximum Gasteiger partial charge on any atom is 0.212 e. The van der Waals surface area contributed by atoms with E-state index < -0.39 is 10.0 Å². The molecule has 4 nitrogen and oxygen atoms in total. The smallest absolute Gasteiger partial charge is 0.212 e. The Morgan fingerprint density at radius 3 is 2.56 bits per heavy atom. The Hall–Kier alpha value is -0.130. The molecule has 0 amide bonds. The van der Waals surface area contributed by atoms with Crippen LogP contribution in [0.3, 0.4) is 0 Å². The van der Waals surface area contributed by atoms with Crippen molar-refractivity contribution in [3.8, 4) is 0 Å². The summed E-state index contributed by atoms with van der Waals surface area (Å²) < 4.78 is 25.2. The van der Waals surface area contributed by atoms with E-state index in [-0.39, 0.29) is 5.75 Å². The lowest BCUT2D eigenvalue weighted by Gasteiger charge is -2.28. The van der Waals surface area contributed by atoms with Crippen LogP contribution in [-0.2, 0) is 10.0 Å². The molecule has 1 saturated carbocycles. The van der Waals surface area contributed by atoms with Crippen molar-refractivity contribution in [2.75, 3.05) is 18.8 Å². The van der Waals surface area contributed by atoms with E-state index in [1.165, 1.54) is 25.7 Å². The van der Waals surface area contributed by atoms with E-state index >= 15 is 0 Å². The Balaban J connectivity index is 2.09. The van der Waals surface area contributed by atoms with Gasteiger partial charge in [0.05, 0.1) is 5.75 Å². The predicted octanol–water partition coefficient (Wildman–Crippen LogP) is 1.09. The summed E-state index contributed by atoms with van der Waals surface area (Å²) >= 11 is 0. The van der Waals surface area contributed by atoms with Crippen LogP contribution in [0.5, 0.6) is 0 Å². The van der Waals surface area contributed by atoms with E-state index in [1.807, 2.05) is 0 Å². The molecule has 0 spiro atoms. The summed E-state index contributed by atoms with van der Waals surface area (Å²) in [5.41, 5.74) is 0. The van der Waals surface area contributed by atoms with Crippen LogP contribution in [0.4, 0.5) is 0 Å². The third kappa shape index (κ3) is 5.27. The van der Waals surface area contributed by atoms with Gasteiger partial charge in [0.15, 0.2) is 0 Å². The van der Waals surface area contributed by atoms with Crippen LogP contribution >= 0.6 is 0 Å². The van der Waals surface area contributed by atoms with E-state index in [0.29, 0.717) is 19.1 Å². The van der Waals surface area contributed by atoms with Gasteiger partial charge in [-0.1, -0.05) is 26.2 Å². The second kappa shape index (κ2) is 6.57. The molecule has 0 radical (unpaired) electrons. The van der Waals surface area contributed by atoms with Crippen LogP contribution in [0.2, 0.25) is 0 Å². The van der Waals surface area contributed by atoms with Gasteiger partial charge < -0.3 is 5.32 Å². The summed E-state index contributed by atoms with van der Waals surface area (Å²) in [4.78, 5) is 0. The molecule has 1 aliphatic rings. The first-order valence-electron chi connectivity index (χ1n) is 6.24. The van der Waals surface area contributed by atoms with Crippen LogP contribution in [-0.4, -0.2) is 33.3 Å². The second-order valence-electron chi connectivity index (χ2n) is 4.70. The number of hydrogen-bond acceptors (Lipinski definition) is 3. The molecule has 0 aromatic carbocycles. The first kappa shape index (κ1) is 13.9. The van der Waals surface area contributed by atoms with Gasteiger partial charge in [0.25, 0.3) is 0 Å². The Labute approximate surface area is 99.2 Å². The standard InChI is InChI=1S/C11H24N2O2S/c1-3-13-16(14,15)8-7-12-10(2)9-11-5-4-6-11/h10-13H,3-9H2,1-2H3. The van der Waals surface area contributed by atoms with Crippen molar-refractivity contribution in [3.63, 3.8) is 0 Å². The zero-order valence-corrected chi connectivity index (χ0v) is 11.1. The molecule has 16 heavy (non-hydrogen) atoms. The number of sulfonamides is 1. The van der Waals surface area contributed by atoms with Crippen LogP contribution < -0.4 is 10.0 Å². The highest BCUT2D eigenvalue weighted by atomic mass is 32.2. The fraction of sp³-hybridized carbons (Fsp3) is 1.00. The molecular weight excluding hydrogens is 224 g/mol. The van der Waals surface area contributed by atoms with Crippen LogP contribution in [0.15, 0.2) is 0 Å². The molecule has 0 aliphatic heterocycles. The van der Waals surface area contributed by atoms with E-state index in [1.54, 1.807) is 6.92 Å². The molecule has 0 bridgehead atoms. The van der Waals surface area contributed by atoms with Gasteiger partial charge in [0.1, 0.15) is 0 Å². The molecule has 0 aromatic rings. The largest absolute Gasteiger partial charge is 0.313 e. The normalized spacial score (nSPS) is 19.4. The molecule has 1 aliphatic carbocycles. The van der Waals surface area contributed by atoms with Gasteiger partial charge in [-0.05, 0) is 19.3 Å². The lowest BCUT2D eigenvalue weighted by molar-refractivity contribution is 0.267. The molecular formula is C11H24N2O2S. The van der Waals surface area contributed by atoms with E-state index in [0.717, 1.165) is 5.92 Å². The van der Waals surface area contributed by atoms with Crippen molar-refractivity contribution >= 4 is 10.0 Å². The molecule has 1 atom stereocenters. The maximum absolute atomic E-state index is 11.4. The first-order chi connectivity index (χ1) is 7.53. The van der Waals surface area contributed by atoms with Gasteiger partial charge in [0.2, 0.25) is 10.0 Å². The molecule has 2 N–H and O–H groups in total. The van der Waals surface area contributed by atoms with Gasteiger partial charge in [-0.25, -0.2) is 13.1 Å². The van der Waals surface area contributed by atoms with Crippen molar-refractivity contribution in [1.82, 2.24) is 10.0 Å². The van der Waals surface area contributed by atoms with Crippen molar-refractivity contribution in [2.45, 2.75) is 45.6 Å². The molecule has 0 heterocycles. The van der Waals surface area contributed by atoms with Gasteiger partial charge in [-0.15, -0.1) is 0 Å². The Kier molecular flexibility index (Phi) is 5.72. The van der Waals surface area contributed by atoms with Gasteiger partial charge in [0, 0.05) is 19.1 Å². The minimum absolute atomic E-state index is 0.176. The van der Waals surface area contributed by atoms with Gasteiger partial charge in [-0.2, -0.15) is 0 Å². The Bertz CT molecular complexity index is 286. The number of hydrogen-bond donors (Lipinski definition) is 2. The summed E-state index contributed by atoms with van der Waals surface area (Å²) in [5, 5.41) is 3.28. The zero-order valence-electron chi connectivity index (χ0n) is 10.3. The highest BCUT2D eigenvalue weighted by molar-refractivity contribution is 7.89. The summed E-state index contributed by atoms with van der Waals surface area (Å²) in [6, 6.07) is 0.433. The third-order valence-electron chi connectivity index (χ3n) is 3.14. The summed E-state index contributed by atoms with van der Waals surface area (Å²) in [6.45, 7) is 4.95. The summed E-state index contributed by atoms with van der Waals surface area (Å²) in [6.07, 6.45) is 5.25. The third-order valence-corrected chi connectivity index (χ3v) is 4.61. The lowest BCUT2D eigenvalue weighted by Crippen LogP contribution is -2.36. The molecule has 1 rings (SSSR count). The van der Waals surface area contributed by atoms with Crippen LogP contribution in [0, 0.1) is 5.92 Å². The van der Waals surface area contributed by atoms with Crippen molar-refractivity contribution < 1.29 is 8.42 Å². The average molecular weight is 248 g/mol. The first-order valence-corrected chi connectivity index (χ1v) is 7.89. The van der Waals surface area contributed by atoms with E-state index in [2.05, 4.69) is 17.0 Å². The number of rotatable bonds is 8. The Morgan fingerprint density at radius 2 is 2.06 bits per heavy atom.